The summed E-state index contributed by atoms with van der Waals surface area (Å²) in [7, 11) is 0.899. The largest absolute Gasteiger partial charge is 0.490 e. The van der Waals surface area contributed by atoms with Crippen LogP contribution in [0.25, 0.3) is 11.1 Å². The summed E-state index contributed by atoms with van der Waals surface area (Å²) in [6.07, 6.45) is 0. The van der Waals surface area contributed by atoms with Gasteiger partial charge in [-0.05, 0) is 116 Å². The van der Waals surface area contributed by atoms with Crippen molar-refractivity contribution in [2.45, 2.75) is 27.9 Å². The van der Waals surface area contributed by atoms with Crippen molar-refractivity contribution in [3.05, 3.63) is 127 Å². The molecule has 39 heavy (non-hydrogen) atoms. The highest BCUT2D eigenvalue weighted by molar-refractivity contribution is 14.1. The third-order valence-corrected chi connectivity index (χ3v) is 10.6. The van der Waals surface area contributed by atoms with Crippen LogP contribution in [-0.2, 0) is 13.2 Å². The van der Waals surface area contributed by atoms with Gasteiger partial charge < -0.3 is 14.2 Å². The lowest BCUT2D eigenvalue weighted by Crippen LogP contribution is -2.03. The standard InChI is InChI=1S/C33H26I2O3S/c1-36-33-29(37-20-22-10-14-24(34)15-11-22)18-26(19-30(33)38-21-23-12-16-25(35)17-13-23)39-31-8-4-2-6-27(31)28-7-3-5-9-32(28)39/h2-19,39H,20-21H2,1H3. The Bertz CT molecular complexity index is 1500. The third-order valence-electron chi connectivity index (χ3n) is 6.66. The predicted octanol–water partition coefficient (Wildman–Crippen LogP) is 9.52. The van der Waals surface area contributed by atoms with Gasteiger partial charge in [-0.15, -0.1) is 0 Å². The van der Waals surface area contributed by atoms with Gasteiger partial charge in [0.2, 0.25) is 5.75 Å². The summed E-state index contributed by atoms with van der Waals surface area (Å²) >= 11 is 4.64. The van der Waals surface area contributed by atoms with Gasteiger partial charge in [-0.2, -0.15) is 10.9 Å². The van der Waals surface area contributed by atoms with Crippen molar-refractivity contribution in [1.29, 1.82) is 0 Å². The molecule has 1 aliphatic heterocycles. The maximum Gasteiger partial charge on any atom is 0.203 e. The molecule has 0 N–H and O–H groups in total. The molecule has 0 atom stereocenters. The third kappa shape index (κ3) is 5.64. The molecular formula is C33H26I2O3S. The monoisotopic (exact) mass is 756 g/mol. The van der Waals surface area contributed by atoms with Crippen LogP contribution in [0, 0.1) is 7.14 Å². The van der Waals surface area contributed by atoms with E-state index >= 15 is 0 Å². The van der Waals surface area contributed by atoms with E-state index in [1.807, 2.05) is 0 Å². The van der Waals surface area contributed by atoms with Gasteiger partial charge in [-0.3, -0.25) is 0 Å². The van der Waals surface area contributed by atoms with Crippen LogP contribution < -0.4 is 14.2 Å². The smallest absolute Gasteiger partial charge is 0.203 e. The average Bonchev–Trinajstić information content (AvgIpc) is 3.31. The Kier molecular flexibility index (Phi) is 8.04. The number of halogens is 2. The fourth-order valence-corrected chi connectivity index (χ4v) is 8.16. The molecule has 1 heterocycles. The fraction of sp³-hybridized carbons (Fsp3) is 0.0909. The van der Waals surface area contributed by atoms with Gasteiger partial charge in [-0.1, -0.05) is 60.7 Å². The minimum atomic E-state index is -0.778. The van der Waals surface area contributed by atoms with E-state index in [2.05, 4.69) is 154 Å². The summed E-state index contributed by atoms with van der Waals surface area (Å²) in [5.74, 6) is 2.00. The average molecular weight is 756 g/mol. The molecule has 3 nitrogen and oxygen atoms in total. The number of methoxy groups -OCH3 is 1. The molecule has 6 rings (SSSR count). The van der Waals surface area contributed by atoms with Crippen LogP contribution >= 0.6 is 56.1 Å². The van der Waals surface area contributed by atoms with Crippen molar-refractivity contribution >= 4 is 56.1 Å². The molecule has 0 fully saturated rings. The second-order valence-electron chi connectivity index (χ2n) is 9.18. The van der Waals surface area contributed by atoms with Gasteiger partial charge in [-0.25, -0.2) is 0 Å². The van der Waals surface area contributed by atoms with Crippen molar-refractivity contribution in [3.63, 3.8) is 0 Å². The van der Waals surface area contributed by atoms with Crippen molar-refractivity contribution in [2.75, 3.05) is 7.11 Å². The molecule has 196 valence electrons. The lowest BCUT2D eigenvalue weighted by Gasteiger charge is -2.23. The maximum absolute atomic E-state index is 6.44. The highest BCUT2D eigenvalue weighted by atomic mass is 127. The molecule has 0 amide bonds. The Hall–Kier alpha value is -2.69. The van der Waals surface area contributed by atoms with Gasteiger partial charge in [0.25, 0.3) is 0 Å². The topological polar surface area (TPSA) is 27.7 Å². The summed E-state index contributed by atoms with van der Waals surface area (Å²) in [5.41, 5.74) is 4.81. The van der Waals surface area contributed by atoms with Crippen molar-refractivity contribution < 1.29 is 14.2 Å². The van der Waals surface area contributed by atoms with Gasteiger partial charge >= 0.3 is 0 Å². The molecule has 1 aliphatic rings. The van der Waals surface area contributed by atoms with Crippen molar-refractivity contribution in [1.82, 2.24) is 0 Å². The minimum absolute atomic E-state index is 0.443. The first-order chi connectivity index (χ1) is 19.1. The number of rotatable bonds is 8. The van der Waals surface area contributed by atoms with Crippen LogP contribution in [0.2, 0.25) is 0 Å². The lowest BCUT2D eigenvalue weighted by atomic mass is 10.1. The normalized spacial score (nSPS) is 12.5. The van der Waals surface area contributed by atoms with E-state index in [0.717, 1.165) is 11.1 Å². The Labute approximate surface area is 259 Å². The van der Waals surface area contributed by atoms with Crippen molar-refractivity contribution in [3.8, 4) is 28.4 Å². The molecule has 0 saturated heterocycles. The Balaban J connectivity index is 1.42. The van der Waals surface area contributed by atoms with E-state index in [9.17, 15) is 0 Å². The highest BCUT2D eigenvalue weighted by Gasteiger charge is 2.28. The molecule has 6 heteroatoms. The van der Waals surface area contributed by atoms with Gasteiger partial charge in [0, 0.05) is 21.8 Å². The molecule has 0 radical (unpaired) electrons. The first-order valence-electron chi connectivity index (χ1n) is 12.6. The number of thiol groups is 1. The van der Waals surface area contributed by atoms with E-state index in [-0.39, 0.29) is 0 Å². The molecule has 0 spiro atoms. The molecule has 0 aliphatic carbocycles. The van der Waals surface area contributed by atoms with E-state index < -0.39 is 10.9 Å². The summed E-state index contributed by atoms with van der Waals surface area (Å²) in [6, 6.07) is 38.5. The molecule has 0 aromatic heterocycles. The summed E-state index contributed by atoms with van der Waals surface area (Å²) < 4.78 is 21.2. The first kappa shape index (κ1) is 26.5. The first-order valence-corrected chi connectivity index (χ1v) is 16.1. The van der Waals surface area contributed by atoms with Crippen LogP contribution in [0.3, 0.4) is 0 Å². The minimum Gasteiger partial charge on any atom is -0.490 e. The molecule has 0 bridgehead atoms. The van der Waals surface area contributed by atoms with Gasteiger partial charge in [0.1, 0.15) is 13.2 Å². The van der Waals surface area contributed by atoms with Gasteiger partial charge in [0.15, 0.2) is 11.5 Å². The second kappa shape index (κ2) is 11.8. The van der Waals surface area contributed by atoms with Crippen LogP contribution in [0.1, 0.15) is 11.1 Å². The number of ether oxygens (including phenoxy) is 3. The van der Waals surface area contributed by atoms with E-state index in [0.29, 0.717) is 30.5 Å². The molecule has 5 aromatic rings. The Morgan fingerprint density at radius 3 is 1.46 bits per heavy atom. The number of fused-ring (bicyclic) bond motifs is 3. The summed E-state index contributed by atoms with van der Waals surface area (Å²) in [5, 5.41) is 0. The lowest BCUT2D eigenvalue weighted by molar-refractivity contribution is 0.256. The van der Waals surface area contributed by atoms with Gasteiger partial charge in [0.05, 0.1) is 7.11 Å². The molecule has 5 aromatic carbocycles. The van der Waals surface area contributed by atoms with Crippen LogP contribution in [-0.4, -0.2) is 7.11 Å². The Morgan fingerprint density at radius 2 is 1.03 bits per heavy atom. The number of benzene rings is 5. The molecule has 0 saturated carbocycles. The van der Waals surface area contributed by atoms with Crippen LogP contribution in [0.5, 0.6) is 17.2 Å². The van der Waals surface area contributed by atoms with E-state index in [1.165, 1.54) is 33.0 Å². The van der Waals surface area contributed by atoms with E-state index in [4.69, 9.17) is 14.2 Å². The highest BCUT2D eigenvalue weighted by Crippen LogP contribution is 2.63. The fourth-order valence-electron chi connectivity index (χ4n) is 4.79. The summed E-state index contributed by atoms with van der Waals surface area (Å²) in [6.45, 7) is 0.886. The summed E-state index contributed by atoms with van der Waals surface area (Å²) in [4.78, 5) is 3.88. The van der Waals surface area contributed by atoms with Crippen LogP contribution in [0.4, 0.5) is 0 Å². The maximum atomic E-state index is 6.44. The zero-order valence-corrected chi connectivity index (χ0v) is 26.4. The zero-order valence-electron chi connectivity index (χ0n) is 21.2. The Morgan fingerprint density at radius 1 is 0.590 bits per heavy atom. The molecule has 0 unspecified atom stereocenters. The predicted molar refractivity (Wildman–Crippen MR) is 176 cm³/mol. The van der Waals surface area contributed by atoms with Crippen LogP contribution in [0.15, 0.2) is 124 Å². The van der Waals surface area contributed by atoms with E-state index in [1.54, 1.807) is 7.11 Å². The number of hydrogen-bond acceptors (Lipinski definition) is 3. The second-order valence-corrected chi connectivity index (χ2v) is 13.8. The SMILES string of the molecule is COc1c(OCc2ccc(I)cc2)cc([SH]2c3ccccc3-c3ccccc32)cc1OCc1ccc(I)cc1. The zero-order chi connectivity index (χ0) is 26.8. The number of hydrogen-bond donors (Lipinski definition) is 1. The quantitative estimate of drug-likeness (QED) is 0.124. The van der Waals surface area contributed by atoms with Crippen molar-refractivity contribution in [2.24, 2.45) is 0 Å². The molecular weight excluding hydrogens is 730 g/mol.